The predicted octanol–water partition coefficient (Wildman–Crippen LogP) is 2.79. The molecule has 0 aromatic carbocycles. The Bertz CT molecular complexity index is 673. The molecule has 1 saturated heterocycles. The third kappa shape index (κ3) is 2.80. The van der Waals surface area contributed by atoms with E-state index in [1.165, 1.54) is 6.33 Å². The molecule has 1 aliphatic rings. The van der Waals surface area contributed by atoms with E-state index >= 15 is 0 Å². The van der Waals surface area contributed by atoms with E-state index in [9.17, 15) is 0 Å². The fourth-order valence-corrected chi connectivity index (χ4v) is 3.33. The Morgan fingerprint density at radius 2 is 2.19 bits per heavy atom. The van der Waals surface area contributed by atoms with E-state index in [4.69, 9.17) is 23.8 Å². The second-order valence-electron chi connectivity index (χ2n) is 5.09. The number of anilines is 1. The van der Waals surface area contributed by atoms with Crippen LogP contribution in [0.15, 0.2) is 12.5 Å². The lowest BCUT2D eigenvalue weighted by atomic mass is 9.96. The monoisotopic (exact) mass is 324 g/mol. The van der Waals surface area contributed by atoms with Crippen LogP contribution in [0, 0.1) is 4.77 Å². The molecule has 6 nitrogen and oxygen atoms in total. The van der Waals surface area contributed by atoms with Crippen molar-refractivity contribution in [2.24, 2.45) is 0 Å². The topological polar surface area (TPSA) is 62.6 Å². The molecule has 2 aromatic heterocycles. The maximum Gasteiger partial charge on any atom is 0.195 e. The Hall–Kier alpha value is -1.47. The molecule has 1 aliphatic heterocycles. The van der Waals surface area contributed by atoms with E-state index in [-0.39, 0.29) is 0 Å². The molecule has 0 unspecified atom stereocenters. The smallest absolute Gasteiger partial charge is 0.195 e. The molecular weight excluding hydrogens is 308 g/mol. The van der Waals surface area contributed by atoms with Gasteiger partial charge in [-0.05, 0) is 32.0 Å². The standard InChI is InChI=1S/C13H17ClN6S/c1-2-20-11(17-18-13(20)21)9-3-5-19(6-4-9)12-10(14)7-15-8-16-12/h7-9H,2-6H2,1H3,(H,18,21). The van der Waals surface area contributed by atoms with Gasteiger partial charge in [-0.1, -0.05) is 11.6 Å². The van der Waals surface area contributed by atoms with Crippen molar-refractivity contribution in [3.8, 4) is 0 Å². The van der Waals surface area contributed by atoms with Crippen LogP contribution in [0.3, 0.4) is 0 Å². The average Bonchev–Trinajstić information content (AvgIpc) is 2.89. The van der Waals surface area contributed by atoms with Crippen molar-refractivity contribution in [1.29, 1.82) is 0 Å². The van der Waals surface area contributed by atoms with Gasteiger partial charge in [0.15, 0.2) is 10.6 Å². The number of rotatable bonds is 3. The number of nitrogens with zero attached hydrogens (tertiary/aromatic N) is 5. The zero-order valence-corrected chi connectivity index (χ0v) is 13.4. The van der Waals surface area contributed by atoms with Gasteiger partial charge in [-0.15, -0.1) is 0 Å². The maximum atomic E-state index is 6.16. The molecule has 0 amide bonds. The lowest BCUT2D eigenvalue weighted by molar-refractivity contribution is 0.464. The van der Waals surface area contributed by atoms with Gasteiger partial charge in [-0.2, -0.15) is 5.10 Å². The van der Waals surface area contributed by atoms with Gasteiger partial charge in [0.25, 0.3) is 0 Å². The number of nitrogens with one attached hydrogen (secondary N) is 1. The molecular formula is C13H17ClN6S. The number of hydrogen-bond acceptors (Lipinski definition) is 5. The van der Waals surface area contributed by atoms with Crippen LogP contribution in [-0.2, 0) is 6.54 Å². The van der Waals surface area contributed by atoms with Gasteiger partial charge < -0.3 is 9.47 Å². The molecule has 0 saturated carbocycles. The molecule has 2 aromatic rings. The Morgan fingerprint density at radius 1 is 1.43 bits per heavy atom. The molecule has 1 N–H and O–H groups in total. The van der Waals surface area contributed by atoms with Crippen LogP contribution in [0.4, 0.5) is 5.82 Å². The van der Waals surface area contributed by atoms with Crippen molar-refractivity contribution in [2.75, 3.05) is 18.0 Å². The van der Waals surface area contributed by atoms with Crippen LogP contribution in [0.2, 0.25) is 5.02 Å². The van der Waals surface area contributed by atoms with E-state index in [1.807, 2.05) is 0 Å². The molecule has 21 heavy (non-hydrogen) atoms. The summed E-state index contributed by atoms with van der Waals surface area (Å²) in [4.78, 5) is 10.4. The predicted molar refractivity (Wildman–Crippen MR) is 84.3 cm³/mol. The number of aromatic amines is 1. The Labute approximate surface area is 133 Å². The maximum absolute atomic E-state index is 6.16. The van der Waals surface area contributed by atoms with Crippen LogP contribution in [0.25, 0.3) is 0 Å². The van der Waals surface area contributed by atoms with E-state index < -0.39 is 0 Å². The molecule has 0 spiro atoms. The first-order valence-corrected chi connectivity index (χ1v) is 7.85. The van der Waals surface area contributed by atoms with Crippen molar-refractivity contribution in [2.45, 2.75) is 32.2 Å². The van der Waals surface area contributed by atoms with E-state index in [0.29, 0.717) is 15.7 Å². The van der Waals surface area contributed by atoms with E-state index in [1.54, 1.807) is 6.20 Å². The lowest BCUT2D eigenvalue weighted by Crippen LogP contribution is -2.34. The van der Waals surface area contributed by atoms with Gasteiger partial charge in [-0.25, -0.2) is 9.97 Å². The first-order valence-electron chi connectivity index (χ1n) is 7.06. The van der Waals surface area contributed by atoms with Crippen LogP contribution in [0.1, 0.15) is 31.5 Å². The lowest BCUT2D eigenvalue weighted by Gasteiger charge is -2.32. The minimum Gasteiger partial charge on any atom is -0.355 e. The molecule has 1 fully saturated rings. The van der Waals surface area contributed by atoms with Crippen LogP contribution in [0.5, 0.6) is 0 Å². The van der Waals surface area contributed by atoms with Crippen LogP contribution < -0.4 is 4.90 Å². The van der Waals surface area contributed by atoms with Gasteiger partial charge in [-0.3, -0.25) is 5.10 Å². The quantitative estimate of drug-likeness (QED) is 0.880. The third-order valence-electron chi connectivity index (χ3n) is 3.91. The van der Waals surface area contributed by atoms with Crippen molar-refractivity contribution in [3.05, 3.63) is 28.1 Å². The number of halogens is 1. The Morgan fingerprint density at radius 3 is 2.86 bits per heavy atom. The normalized spacial score (nSPS) is 16.4. The number of aromatic nitrogens is 5. The second kappa shape index (κ2) is 6.11. The van der Waals surface area contributed by atoms with Gasteiger partial charge in [0.05, 0.1) is 6.20 Å². The average molecular weight is 325 g/mol. The summed E-state index contributed by atoms with van der Waals surface area (Å²) < 4.78 is 2.78. The van der Waals surface area contributed by atoms with Crippen molar-refractivity contribution in [3.63, 3.8) is 0 Å². The molecule has 8 heteroatoms. The summed E-state index contributed by atoms with van der Waals surface area (Å²) in [6, 6.07) is 0. The number of piperidine rings is 1. The third-order valence-corrected chi connectivity index (χ3v) is 4.49. The van der Waals surface area contributed by atoms with Crippen LogP contribution in [-0.4, -0.2) is 37.8 Å². The Balaban J connectivity index is 1.73. The first kappa shape index (κ1) is 14.5. The molecule has 112 valence electrons. The minimum atomic E-state index is 0.426. The second-order valence-corrected chi connectivity index (χ2v) is 5.88. The summed E-state index contributed by atoms with van der Waals surface area (Å²) in [6.45, 7) is 4.75. The summed E-state index contributed by atoms with van der Waals surface area (Å²) in [5.74, 6) is 2.31. The molecule has 0 bridgehead atoms. The summed E-state index contributed by atoms with van der Waals surface area (Å²) in [5.41, 5.74) is 0. The first-order chi connectivity index (χ1) is 10.2. The summed E-state index contributed by atoms with van der Waals surface area (Å²) in [7, 11) is 0. The van der Waals surface area contributed by atoms with Crippen LogP contribution >= 0.6 is 23.8 Å². The van der Waals surface area contributed by atoms with Gasteiger partial charge >= 0.3 is 0 Å². The largest absolute Gasteiger partial charge is 0.355 e. The number of hydrogen-bond donors (Lipinski definition) is 1. The van der Waals surface area contributed by atoms with E-state index in [0.717, 1.165) is 44.1 Å². The van der Waals surface area contributed by atoms with Crippen molar-refractivity contribution >= 4 is 29.6 Å². The van der Waals surface area contributed by atoms with Crippen molar-refractivity contribution in [1.82, 2.24) is 24.7 Å². The molecule has 0 atom stereocenters. The Kier molecular flexibility index (Phi) is 4.21. The highest BCUT2D eigenvalue weighted by Crippen LogP contribution is 2.31. The van der Waals surface area contributed by atoms with E-state index in [2.05, 4.69) is 36.6 Å². The van der Waals surface area contributed by atoms with Gasteiger partial charge in [0.1, 0.15) is 17.2 Å². The fourth-order valence-electron chi connectivity index (χ4n) is 2.84. The summed E-state index contributed by atoms with van der Waals surface area (Å²) in [6.07, 6.45) is 5.20. The zero-order chi connectivity index (χ0) is 14.8. The molecule has 3 rings (SSSR count). The highest BCUT2D eigenvalue weighted by molar-refractivity contribution is 7.71. The van der Waals surface area contributed by atoms with Crippen molar-refractivity contribution < 1.29 is 0 Å². The summed E-state index contributed by atoms with van der Waals surface area (Å²) in [5, 5.41) is 7.90. The highest BCUT2D eigenvalue weighted by Gasteiger charge is 2.26. The zero-order valence-electron chi connectivity index (χ0n) is 11.8. The fraction of sp³-hybridized carbons (Fsp3) is 0.538. The highest BCUT2D eigenvalue weighted by atomic mass is 35.5. The minimum absolute atomic E-state index is 0.426. The molecule has 0 radical (unpaired) electrons. The molecule has 0 aliphatic carbocycles. The molecule has 3 heterocycles. The van der Waals surface area contributed by atoms with Gasteiger partial charge in [0, 0.05) is 25.6 Å². The summed E-state index contributed by atoms with van der Waals surface area (Å²) >= 11 is 11.4. The number of H-pyrrole nitrogens is 1. The SMILES string of the molecule is CCn1c(C2CCN(c3ncncc3Cl)CC2)n[nH]c1=S. The van der Waals surface area contributed by atoms with Gasteiger partial charge in [0.2, 0.25) is 0 Å².